The SMILES string of the molecule is CN(C(=O)[C@@H](CC(=O)O)CC1CCCC1)c1nc(-c2ccccc2-c2cnc3c(c2)CC(=O)N3C)c(F)s1. The van der Waals surface area contributed by atoms with Crippen LogP contribution in [0.3, 0.4) is 0 Å². The van der Waals surface area contributed by atoms with Gasteiger partial charge in [-0.25, -0.2) is 9.97 Å². The van der Waals surface area contributed by atoms with E-state index >= 15 is 4.39 Å². The van der Waals surface area contributed by atoms with Crippen LogP contribution in [0.2, 0.25) is 0 Å². The highest BCUT2D eigenvalue weighted by Crippen LogP contribution is 2.39. The Labute approximate surface area is 224 Å². The van der Waals surface area contributed by atoms with E-state index in [0.717, 1.165) is 48.1 Å². The maximum Gasteiger partial charge on any atom is 0.304 e. The molecule has 1 fully saturated rings. The molecule has 1 aliphatic heterocycles. The van der Waals surface area contributed by atoms with E-state index in [2.05, 4.69) is 9.97 Å². The van der Waals surface area contributed by atoms with E-state index in [4.69, 9.17) is 0 Å². The van der Waals surface area contributed by atoms with Gasteiger partial charge >= 0.3 is 5.97 Å². The van der Waals surface area contributed by atoms with E-state index in [1.54, 1.807) is 25.4 Å². The number of carboxylic acid groups (broad SMARTS) is 1. The maximum atomic E-state index is 15.3. The van der Waals surface area contributed by atoms with E-state index < -0.39 is 17.0 Å². The molecule has 0 radical (unpaired) electrons. The second-order valence-electron chi connectivity index (χ2n) is 10.1. The molecule has 1 saturated carbocycles. The molecule has 1 aliphatic carbocycles. The third-order valence-corrected chi connectivity index (χ3v) is 8.44. The number of carbonyl (C=O) groups is 3. The summed E-state index contributed by atoms with van der Waals surface area (Å²) in [5.74, 6) is -1.14. The number of amides is 2. The Hall–Kier alpha value is -3.66. The zero-order chi connectivity index (χ0) is 27.0. The first-order valence-corrected chi connectivity index (χ1v) is 13.6. The van der Waals surface area contributed by atoms with Crippen LogP contribution in [0.4, 0.5) is 15.3 Å². The van der Waals surface area contributed by atoms with Gasteiger partial charge in [0.2, 0.25) is 16.9 Å². The minimum Gasteiger partial charge on any atom is -0.481 e. The highest BCUT2D eigenvalue weighted by atomic mass is 32.1. The van der Waals surface area contributed by atoms with Gasteiger partial charge in [-0.05, 0) is 24.0 Å². The number of thiazole rings is 1. The molecular weight excluding hydrogens is 507 g/mol. The van der Waals surface area contributed by atoms with Crippen molar-refractivity contribution in [2.45, 2.75) is 44.9 Å². The number of carbonyl (C=O) groups excluding carboxylic acids is 2. The predicted molar refractivity (Wildman–Crippen MR) is 144 cm³/mol. The Morgan fingerprint density at radius 1 is 1.24 bits per heavy atom. The first-order valence-electron chi connectivity index (χ1n) is 12.7. The van der Waals surface area contributed by atoms with Gasteiger partial charge in [-0.3, -0.25) is 24.2 Å². The average Bonchev–Trinajstić information content (AvgIpc) is 3.62. The minimum atomic E-state index is -1.02. The van der Waals surface area contributed by atoms with Gasteiger partial charge in [0.15, 0.2) is 5.13 Å². The molecule has 0 unspecified atom stereocenters. The topological polar surface area (TPSA) is 104 Å². The first-order chi connectivity index (χ1) is 18.2. The van der Waals surface area contributed by atoms with Crippen LogP contribution >= 0.6 is 11.3 Å². The predicted octanol–water partition coefficient (Wildman–Crippen LogP) is 5.16. The van der Waals surface area contributed by atoms with E-state index in [1.165, 1.54) is 16.8 Å². The number of benzene rings is 1. The fourth-order valence-electron chi connectivity index (χ4n) is 5.52. The molecule has 10 heteroatoms. The molecule has 5 rings (SSSR count). The number of likely N-dealkylation sites (N-methyl/N-ethyl adjacent to an activating group) is 1. The van der Waals surface area contributed by atoms with E-state index in [9.17, 15) is 19.5 Å². The number of hydrogen-bond donors (Lipinski definition) is 1. The lowest BCUT2D eigenvalue weighted by Crippen LogP contribution is -2.35. The monoisotopic (exact) mass is 536 g/mol. The third kappa shape index (κ3) is 5.05. The lowest BCUT2D eigenvalue weighted by molar-refractivity contribution is -0.140. The number of halogens is 1. The van der Waals surface area contributed by atoms with Gasteiger partial charge in [-0.2, -0.15) is 4.39 Å². The Morgan fingerprint density at radius 2 is 1.95 bits per heavy atom. The molecule has 1 N–H and O–H groups in total. The summed E-state index contributed by atoms with van der Waals surface area (Å²) in [7, 11) is 3.21. The molecule has 0 saturated heterocycles. The Balaban J connectivity index is 1.44. The van der Waals surface area contributed by atoms with E-state index in [-0.39, 0.29) is 35.5 Å². The second-order valence-corrected chi connectivity index (χ2v) is 11.0. The molecular formula is C28H29FN4O4S. The Morgan fingerprint density at radius 3 is 2.66 bits per heavy atom. The van der Waals surface area contributed by atoms with Crippen molar-refractivity contribution in [1.82, 2.24) is 9.97 Å². The Bertz CT molecular complexity index is 1400. The number of nitrogens with zero attached hydrogens (tertiary/aromatic N) is 4. The van der Waals surface area contributed by atoms with Crippen molar-refractivity contribution in [3.05, 3.63) is 47.2 Å². The summed E-state index contributed by atoms with van der Waals surface area (Å²) in [4.78, 5) is 48.7. The summed E-state index contributed by atoms with van der Waals surface area (Å²) in [6.07, 6.45) is 6.38. The normalized spacial score (nSPS) is 16.1. The largest absolute Gasteiger partial charge is 0.481 e. The van der Waals surface area contributed by atoms with Gasteiger partial charge in [0.25, 0.3) is 0 Å². The number of aliphatic carboxylic acids is 1. The molecule has 8 nitrogen and oxygen atoms in total. The molecule has 0 spiro atoms. The summed E-state index contributed by atoms with van der Waals surface area (Å²) in [6, 6.07) is 9.12. The van der Waals surface area contributed by atoms with Crippen molar-refractivity contribution in [2.75, 3.05) is 23.9 Å². The fourth-order valence-corrected chi connectivity index (χ4v) is 6.30. The number of aromatic nitrogens is 2. The van der Waals surface area contributed by atoms with E-state index in [1.807, 2.05) is 18.2 Å². The molecule has 2 amide bonds. The summed E-state index contributed by atoms with van der Waals surface area (Å²) >= 11 is 0.762. The smallest absolute Gasteiger partial charge is 0.304 e. The minimum absolute atomic E-state index is 0.0324. The van der Waals surface area contributed by atoms with Gasteiger partial charge in [0, 0.05) is 42.9 Å². The molecule has 2 aliphatic rings. The summed E-state index contributed by atoms with van der Waals surface area (Å²) in [5.41, 5.74) is 2.90. The number of rotatable bonds is 8. The van der Waals surface area contributed by atoms with Crippen LogP contribution in [0.15, 0.2) is 36.5 Å². The summed E-state index contributed by atoms with van der Waals surface area (Å²) in [5, 5.41) is 9.05. The standard InChI is InChI=1S/C28H29FN4O4S/c1-32-22(34)13-17-12-19(15-30-26(17)32)20-9-5-6-10-21(20)24-25(29)38-28(31-24)33(2)27(37)18(14-23(35)36)11-16-7-3-4-8-16/h5-6,9-10,12,15-16,18H,3-4,7-8,11,13-14H2,1-2H3,(H,35,36)/t18-/m1/s1. The second kappa shape index (κ2) is 10.6. The molecule has 1 atom stereocenters. The van der Waals surface area contributed by atoms with Crippen LogP contribution in [0, 0.1) is 17.0 Å². The van der Waals surface area contributed by atoms with Crippen LogP contribution in [-0.2, 0) is 20.8 Å². The number of carboxylic acids is 1. The average molecular weight is 537 g/mol. The van der Waals surface area contributed by atoms with Crippen LogP contribution in [-0.4, -0.2) is 47.0 Å². The number of anilines is 2. The van der Waals surface area contributed by atoms with Crippen molar-refractivity contribution in [2.24, 2.45) is 11.8 Å². The van der Waals surface area contributed by atoms with Gasteiger partial charge in [-0.15, -0.1) is 0 Å². The van der Waals surface area contributed by atoms with Crippen LogP contribution in [0.25, 0.3) is 22.4 Å². The van der Waals surface area contributed by atoms with Crippen molar-refractivity contribution in [3.8, 4) is 22.4 Å². The third-order valence-electron chi connectivity index (χ3n) is 7.52. The maximum absolute atomic E-state index is 15.3. The van der Waals surface area contributed by atoms with Gasteiger partial charge in [0.05, 0.1) is 12.8 Å². The van der Waals surface area contributed by atoms with Crippen molar-refractivity contribution < 1.29 is 23.9 Å². The number of pyridine rings is 1. The molecule has 0 bridgehead atoms. The number of fused-ring (bicyclic) bond motifs is 1. The quantitative estimate of drug-likeness (QED) is 0.426. The summed E-state index contributed by atoms with van der Waals surface area (Å²) in [6.45, 7) is 0. The van der Waals surface area contributed by atoms with Crippen molar-refractivity contribution >= 4 is 40.1 Å². The molecule has 2 aromatic heterocycles. The van der Waals surface area contributed by atoms with Crippen LogP contribution < -0.4 is 9.80 Å². The highest BCUT2D eigenvalue weighted by molar-refractivity contribution is 7.14. The number of hydrogen-bond acceptors (Lipinski definition) is 6. The fraction of sp³-hybridized carbons (Fsp3) is 0.393. The van der Waals surface area contributed by atoms with E-state index in [0.29, 0.717) is 29.3 Å². The molecule has 38 heavy (non-hydrogen) atoms. The molecule has 3 aromatic rings. The highest BCUT2D eigenvalue weighted by Gasteiger charge is 2.32. The lowest BCUT2D eigenvalue weighted by Gasteiger charge is -2.23. The molecule has 198 valence electrons. The van der Waals surface area contributed by atoms with Crippen molar-refractivity contribution in [3.63, 3.8) is 0 Å². The van der Waals surface area contributed by atoms with Gasteiger partial charge < -0.3 is 5.11 Å². The van der Waals surface area contributed by atoms with Crippen molar-refractivity contribution in [1.29, 1.82) is 0 Å². The van der Waals surface area contributed by atoms with Crippen LogP contribution in [0.5, 0.6) is 0 Å². The summed E-state index contributed by atoms with van der Waals surface area (Å²) < 4.78 is 15.3. The zero-order valence-electron chi connectivity index (χ0n) is 21.3. The van der Waals surface area contributed by atoms with Gasteiger partial charge in [0.1, 0.15) is 11.5 Å². The molecule has 3 heterocycles. The van der Waals surface area contributed by atoms with Gasteiger partial charge in [-0.1, -0.05) is 61.3 Å². The lowest BCUT2D eigenvalue weighted by atomic mass is 9.90. The molecule has 1 aromatic carbocycles. The Kier molecular flexibility index (Phi) is 7.25. The first kappa shape index (κ1) is 26.0. The van der Waals surface area contributed by atoms with Crippen LogP contribution in [0.1, 0.15) is 44.1 Å². The zero-order valence-corrected chi connectivity index (χ0v) is 22.1.